The lowest BCUT2D eigenvalue weighted by molar-refractivity contribution is -0.142. The van der Waals surface area contributed by atoms with E-state index in [0.717, 1.165) is 0 Å². The number of amides is 2. The fourth-order valence-electron chi connectivity index (χ4n) is 2.39. The summed E-state index contributed by atoms with van der Waals surface area (Å²) in [5.74, 6) is -2.11. The molecule has 0 saturated heterocycles. The third kappa shape index (κ3) is 4.78. The van der Waals surface area contributed by atoms with E-state index in [2.05, 4.69) is 5.32 Å². The standard InChI is InChI=1S/C19H20F2N2O3/c1-13(19(25)22-2)23(11-14-7-3-4-8-15(14)20)18(24)12-26-17-10-6-5-9-16(17)21/h3-10,13H,11-12H2,1-2H3,(H,22,25)/t13-/m0/s1. The van der Waals surface area contributed by atoms with Crippen LogP contribution in [0.2, 0.25) is 0 Å². The van der Waals surface area contributed by atoms with Gasteiger partial charge in [0.2, 0.25) is 5.91 Å². The maximum absolute atomic E-state index is 13.9. The second-order valence-electron chi connectivity index (χ2n) is 5.62. The molecule has 138 valence electrons. The van der Waals surface area contributed by atoms with Crippen LogP contribution in [-0.2, 0) is 16.1 Å². The Morgan fingerprint density at radius 2 is 1.69 bits per heavy atom. The second kappa shape index (κ2) is 8.94. The van der Waals surface area contributed by atoms with Crippen LogP contribution in [0.4, 0.5) is 8.78 Å². The Morgan fingerprint density at radius 1 is 1.08 bits per heavy atom. The molecule has 1 atom stereocenters. The molecular weight excluding hydrogens is 342 g/mol. The van der Waals surface area contributed by atoms with Crippen molar-refractivity contribution in [1.29, 1.82) is 0 Å². The molecule has 0 spiro atoms. The molecule has 0 aliphatic heterocycles. The SMILES string of the molecule is CNC(=O)[C@H](C)N(Cc1ccccc1F)C(=O)COc1ccccc1F. The van der Waals surface area contributed by atoms with Crippen molar-refractivity contribution in [1.82, 2.24) is 10.2 Å². The van der Waals surface area contributed by atoms with Crippen molar-refractivity contribution in [3.8, 4) is 5.75 Å². The zero-order valence-corrected chi connectivity index (χ0v) is 14.5. The fraction of sp³-hybridized carbons (Fsp3) is 0.263. The predicted molar refractivity (Wildman–Crippen MR) is 92.4 cm³/mol. The molecule has 5 nitrogen and oxygen atoms in total. The number of likely N-dealkylation sites (N-methyl/N-ethyl adjacent to an activating group) is 1. The van der Waals surface area contributed by atoms with Gasteiger partial charge in [-0.2, -0.15) is 0 Å². The first kappa shape index (κ1) is 19.4. The molecule has 0 heterocycles. The number of benzene rings is 2. The van der Waals surface area contributed by atoms with Gasteiger partial charge in [-0.3, -0.25) is 9.59 Å². The van der Waals surface area contributed by atoms with Gasteiger partial charge in [0.25, 0.3) is 5.91 Å². The van der Waals surface area contributed by atoms with Crippen molar-refractivity contribution in [2.24, 2.45) is 0 Å². The van der Waals surface area contributed by atoms with Crippen molar-refractivity contribution in [3.63, 3.8) is 0 Å². The van der Waals surface area contributed by atoms with Crippen LogP contribution in [-0.4, -0.2) is 36.4 Å². The van der Waals surface area contributed by atoms with Crippen molar-refractivity contribution in [3.05, 3.63) is 65.7 Å². The smallest absolute Gasteiger partial charge is 0.261 e. The van der Waals surface area contributed by atoms with Crippen LogP contribution in [0.1, 0.15) is 12.5 Å². The molecule has 2 aromatic carbocycles. The van der Waals surface area contributed by atoms with Gasteiger partial charge in [0.05, 0.1) is 0 Å². The molecule has 0 unspecified atom stereocenters. The first-order valence-corrected chi connectivity index (χ1v) is 8.05. The minimum Gasteiger partial charge on any atom is -0.481 e. The Morgan fingerprint density at radius 3 is 2.31 bits per heavy atom. The number of carbonyl (C=O) groups excluding carboxylic acids is 2. The van der Waals surface area contributed by atoms with E-state index < -0.39 is 36.1 Å². The lowest BCUT2D eigenvalue weighted by Gasteiger charge is -2.28. The number of ether oxygens (including phenoxy) is 1. The molecule has 2 rings (SSSR count). The summed E-state index contributed by atoms with van der Waals surface area (Å²) in [6.07, 6.45) is 0. The molecule has 7 heteroatoms. The number of rotatable bonds is 7. The quantitative estimate of drug-likeness (QED) is 0.823. The molecular formula is C19H20F2N2O3. The van der Waals surface area contributed by atoms with Gasteiger partial charge in [-0.05, 0) is 25.1 Å². The summed E-state index contributed by atoms with van der Waals surface area (Å²) >= 11 is 0. The van der Waals surface area contributed by atoms with Gasteiger partial charge in [0.1, 0.15) is 11.9 Å². The summed E-state index contributed by atoms with van der Waals surface area (Å²) in [4.78, 5) is 25.7. The number of halogens is 2. The maximum atomic E-state index is 13.9. The number of hydrogen-bond acceptors (Lipinski definition) is 3. The molecule has 2 aromatic rings. The Balaban J connectivity index is 2.17. The number of nitrogens with one attached hydrogen (secondary N) is 1. The van der Waals surface area contributed by atoms with Crippen molar-refractivity contribution < 1.29 is 23.1 Å². The van der Waals surface area contributed by atoms with Crippen LogP contribution in [0.15, 0.2) is 48.5 Å². The molecule has 0 bridgehead atoms. The topological polar surface area (TPSA) is 58.6 Å². The van der Waals surface area contributed by atoms with E-state index in [0.29, 0.717) is 0 Å². The Hall–Kier alpha value is -2.96. The van der Waals surface area contributed by atoms with Gasteiger partial charge in [-0.15, -0.1) is 0 Å². The summed E-state index contributed by atoms with van der Waals surface area (Å²) in [5.41, 5.74) is 0.266. The van der Waals surface area contributed by atoms with Crippen LogP contribution >= 0.6 is 0 Å². The zero-order chi connectivity index (χ0) is 19.1. The monoisotopic (exact) mass is 362 g/mol. The van der Waals surface area contributed by atoms with E-state index in [4.69, 9.17) is 4.74 Å². The second-order valence-corrected chi connectivity index (χ2v) is 5.62. The van der Waals surface area contributed by atoms with Gasteiger partial charge >= 0.3 is 0 Å². The number of para-hydroxylation sites is 1. The zero-order valence-electron chi connectivity index (χ0n) is 14.5. The number of carbonyl (C=O) groups is 2. The van der Waals surface area contributed by atoms with E-state index in [1.807, 2.05) is 0 Å². The molecule has 0 saturated carbocycles. The van der Waals surface area contributed by atoms with Crippen LogP contribution in [0.5, 0.6) is 5.75 Å². The highest BCUT2D eigenvalue weighted by atomic mass is 19.1. The van der Waals surface area contributed by atoms with Crippen molar-refractivity contribution in [2.45, 2.75) is 19.5 Å². The minimum atomic E-state index is -0.851. The molecule has 0 aromatic heterocycles. The summed E-state index contributed by atoms with van der Waals surface area (Å²) in [7, 11) is 1.44. The minimum absolute atomic E-state index is 0.0701. The van der Waals surface area contributed by atoms with Gasteiger partial charge in [-0.25, -0.2) is 8.78 Å². The normalized spacial score (nSPS) is 11.5. The molecule has 1 N–H and O–H groups in total. The third-order valence-electron chi connectivity index (χ3n) is 3.90. The largest absolute Gasteiger partial charge is 0.481 e. The van der Waals surface area contributed by atoms with E-state index in [1.165, 1.54) is 55.3 Å². The Labute approximate surface area is 150 Å². The Bertz CT molecular complexity index is 783. The number of nitrogens with zero attached hydrogens (tertiary/aromatic N) is 1. The highest BCUT2D eigenvalue weighted by Crippen LogP contribution is 2.17. The van der Waals surface area contributed by atoms with Crippen LogP contribution < -0.4 is 10.1 Å². The third-order valence-corrected chi connectivity index (χ3v) is 3.90. The summed E-state index contributed by atoms with van der Waals surface area (Å²) in [6, 6.07) is 10.8. The van der Waals surface area contributed by atoms with Crippen molar-refractivity contribution in [2.75, 3.05) is 13.7 Å². The van der Waals surface area contributed by atoms with E-state index in [9.17, 15) is 18.4 Å². The van der Waals surface area contributed by atoms with Gasteiger partial charge in [0.15, 0.2) is 18.2 Å². The lowest BCUT2D eigenvalue weighted by Crippen LogP contribution is -2.48. The summed E-state index contributed by atoms with van der Waals surface area (Å²) < 4.78 is 32.8. The predicted octanol–water partition coefficient (Wildman–Crippen LogP) is 2.51. The summed E-state index contributed by atoms with van der Waals surface area (Å²) in [6.45, 7) is 0.943. The van der Waals surface area contributed by atoms with Crippen LogP contribution in [0.3, 0.4) is 0 Å². The molecule has 0 fully saturated rings. The Kier molecular flexibility index (Phi) is 6.66. The van der Waals surface area contributed by atoms with Gasteiger partial charge in [0, 0.05) is 19.2 Å². The van der Waals surface area contributed by atoms with Crippen molar-refractivity contribution >= 4 is 11.8 Å². The average Bonchev–Trinajstić information content (AvgIpc) is 2.65. The molecule has 0 radical (unpaired) electrons. The molecule has 2 amide bonds. The van der Waals surface area contributed by atoms with Crippen LogP contribution in [0, 0.1) is 11.6 Å². The van der Waals surface area contributed by atoms with E-state index in [1.54, 1.807) is 12.1 Å². The molecule has 0 aliphatic rings. The first-order chi connectivity index (χ1) is 12.4. The maximum Gasteiger partial charge on any atom is 0.261 e. The highest BCUT2D eigenvalue weighted by Gasteiger charge is 2.26. The average molecular weight is 362 g/mol. The van der Waals surface area contributed by atoms with E-state index >= 15 is 0 Å². The fourth-order valence-corrected chi connectivity index (χ4v) is 2.39. The molecule has 0 aliphatic carbocycles. The highest BCUT2D eigenvalue weighted by molar-refractivity contribution is 5.87. The first-order valence-electron chi connectivity index (χ1n) is 8.05. The number of hydrogen-bond donors (Lipinski definition) is 1. The van der Waals surface area contributed by atoms with Gasteiger partial charge < -0.3 is 15.0 Å². The van der Waals surface area contributed by atoms with E-state index in [-0.39, 0.29) is 17.9 Å². The summed E-state index contributed by atoms with van der Waals surface area (Å²) in [5, 5.41) is 2.46. The van der Waals surface area contributed by atoms with Gasteiger partial charge in [-0.1, -0.05) is 30.3 Å². The molecule has 26 heavy (non-hydrogen) atoms. The lowest BCUT2D eigenvalue weighted by atomic mass is 10.1. The van der Waals surface area contributed by atoms with Crippen LogP contribution in [0.25, 0.3) is 0 Å².